The van der Waals surface area contributed by atoms with Crippen molar-refractivity contribution in [1.29, 1.82) is 0 Å². The molecule has 2 rings (SSSR count). The molecule has 1 unspecified atom stereocenters. The van der Waals surface area contributed by atoms with Crippen LogP contribution in [0.15, 0.2) is 6.20 Å². The lowest BCUT2D eigenvalue weighted by molar-refractivity contribution is -0.00209. The molecule has 90 valence electrons. The second-order valence-corrected chi connectivity index (χ2v) is 4.37. The predicted molar refractivity (Wildman–Crippen MR) is 63.2 cm³/mol. The van der Waals surface area contributed by atoms with Crippen LogP contribution in [0.4, 0.5) is 5.69 Å². The molecule has 0 saturated carbocycles. The summed E-state index contributed by atoms with van der Waals surface area (Å²) in [6.07, 6.45) is 1.72. The minimum atomic E-state index is 0.502. The molecule has 0 radical (unpaired) electrons. The molecule has 5 heteroatoms. The number of rotatable bonds is 3. The summed E-state index contributed by atoms with van der Waals surface area (Å²) in [6.45, 7) is 8.79. The van der Waals surface area contributed by atoms with E-state index in [0.717, 1.165) is 44.2 Å². The second kappa shape index (κ2) is 4.84. The van der Waals surface area contributed by atoms with E-state index in [0.29, 0.717) is 6.04 Å². The molecule has 0 amide bonds. The highest BCUT2D eigenvalue weighted by Crippen LogP contribution is 2.10. The smallest absolute Gasteiger partial charge is 0.0730 e. The number of hydrogen-bond donors (Lipinski definition) is 1. The highest BCUT2D eigenvalue weighted by atomic mass is 16.5. The molecular formula is C11H20N4O. The van der Waals surface area contributed by atoms with Gasteiger partial charge in [0.05, 0.1) is 37.3 Å². The lowest BCUT2D eigenvalue weighted by Gasteiger charge is -2.33. The Bertz CT molecular complexity index is 350. The molecule has 1 aromatic rings. The molecule has 1 fully saturated rings. The normalized spacial score (nSPS) is 22.5. The third-order valence-corrected chi connectivity index (χ3v) is 3.25. The van der Waals surface area contributed by atoms with Crippen LogP contribution in [-0.2, 0) is 11.3 Å². The maximum absolute atomic E-state index is 5.76. The zero-order valence-corrected chi connectivity index (χ0v) is 10.0. The Kier molecular flexibility index (Phi) is 3.46. The monoisotopic (exact) mass is 224 g/mol. The topological polar surface area (TPSA) is 56.3 Å². The SMILES string of the molecule is Cc1c(N)cnn1CCN1CCOCC1C. The summed E-state index contributed by atoms with van der Waals surface area (Å²) in [5.74, 6) is 0. The van der Waals surface area contributed by atoms with Crippen LogP contribution in [0.1, 0.15) is 12.6 Å². The first-order valence-electron chi connectivity index (χ1n) is 5.78. The third-order valence-electron chi connectivity index (χ3n) is 3.25. The zero-order chi connectivity index (χ0) is 11.5. The summed E-state index contributed by atoms with van der Waals surface area (Å²) < 4.78 is 7.38. The third kappa shape index (κ3) is 2.36. The minimum Gasteiger partial charge on any atom is -0.396 e. The Morgan fingerprint density at radius 1 is 1.56 bits per heavy atom. The van der Waals surface area contributed by atoms with Crippen molar-refractivity contribution in [2.45, 2.75) is 26.4 Å². The minimum absolute atomic E-state index is 0.502. The molecule has 1 aromatic heterocycles. The van der Waals surface area contributed by atoms with Crippen molar-refractivity contribution in [3.05, 3.63) is 11.9 Å². The van der Waals surface area contributed by atoms with Crippen LogP contribution in [0.2, 0.25) is 0 Å². The van der Waals surface area contributed by atoms with Gasteiger partial charge < -0.3 is 10.5 Å². The van der Waals surface area contributed by atoms with E-state index < -0.39 is 0 Å². The van der Waals surface area contributed by atoms with E-state index in [4.69, 9.17) is 10.5 Å². The molecule has 1 saturated heterocycles. The summed E-state index contributed by atoms with van der Waals surface area (Å²) >= 11 is 0. The van der Waals surface area contributed by atoms with Gasteiger partial charge in [-0.15, -0.1) is 0 Å². The van der Waals surface area contributed by atoms with Crippen molar-refractivity contribution in [3.63, 3.8) is 0 Å². The Morgan fingerprint density at radius 3 is 3.00 bits per heavy atom. The summed E-state index contributed by atoms with van der Waals surface area (Å²) in [5, 5.41) is 4.26. The van der Waals surface area contributed by atoms with E-state index in [1.807, 2.05) is 11.6 Å². The quantitative estimate of drug-likeness (QED) is 0.812. The lowest BCUT2D eigenvalue weighted by Crippen LogP contribution is -2.45. The summed E-state index contributed by atoms with van der Waals surface area (Å²) in [5.41, 5.74) is 7.59. The van der Waals surface area contributed by atoms with Gasteiger partial charge in [0.15, 0.2) is 0 Å². The summed E-state index contributed by atoms with van der Waals surface area (Å²) in [6, 6.07) is 0.502. The number of anilines is 1. The molecule has 2 heterocycles. The van der Waals surface area contributed by atoms with E-state index in [1.165, 1.54) is 0 Å². The van der Waals surface area contributed by atoms with Gasteiger partial charge in [0.1, 0.15) is 0 Å². The van der Waals surface area contributed by atoms with E-state index in [9.17, 15) is 0 Å². The molecule has 0 aromatic carbocycles. The van der Waals surface area contributed by atoms with Crippen LogP contribution in [0.5, 0.6) is 0 Å². The number of hydrogen-bond acceptors (Lipinski definition) is 4. The van der Waals surface area contributed by atoms with E-state index in [1.54, 1.807) is 6.20 Å². The van der Waals surface area contributed by atoms with E-state index in [2.05, 4.69) is 16.9 Å². The second-order valence-electron chi connectivity index (χ2n) is 4.37. The van der Waals surface area contributed by atoms with Crippen molar-refractivity contribution in [2.75, 3.05) is 32.0 Å². The van der Waals surface area contributed by atoms with Gasteiger partial charge in [-0.25, -0.2) is 0 Å². The number of morpholine rings is 1. The molecule has 2 N–H and O–H groups in total. The first kappa shape index (κ1) is 11.4. The number of nitrogens with two attached hydrogens (primary N) is 1. The van der Waals surface area contributed by atoms with Crippen LogP contribution >= 0.6 is 0 Å². The Labute approximate surface area is 96.2 Å². The Balaban J connectivity index is 1.89. The average Bonchev–Trinajstić information content (AvgIpc) is 2.59. The van der Waals surface area contributed by atoms with E-state index >= 15 is 0 Å². The molecule has 0 aliphatic carbocycles. The van der Waals surface area contributed by atoms with Crippen LogP contribution in [0, 0.1) is 6.92 Å². The van der Waals surface area contributed by atoms with Crippen LogP contribution in [-0.4, -0.2) is 47.0 Å². The maximum Gasteiger partial charge on any atom is 0.0730 e. The molecular weight excluding hydrogens is 204 g/mol. The van der Waals surface area contributed by atoms with Gasteiger partial charge in [0, 0.05) is 19.1 Å². The van der Waals surface area contributed by atoms with Crippen molar-refractivity contribution in [2.24, 2.45) is 0 Å². The Hall–Kier alpha value is -1.07. The van der Waals surface area contributed by atoms with Crippen LogP contribution in [0.25, 0.3) is 0 Å². The van der Waals surface area contributed by atoms with Crippen LogP contribution < -0.4 is 5.73 Å². The van der Waals surface area contributed by atoms with Gasteiger partial charge in [0.2, 0.25) is 0 Å². The van der Waals surface area contributed by atoms with Crippen molar-refractivity contribution in [1.82, 2.24) is 14.7 Å². The fourth-order valence-corrected chi connectivity index (χ4v) is 2.00. The molecule has 1 aliphatic heterocycles. The van der Waals surface area contributed by atoms with Gasteiger partial charge in [-0.3, -0.25) is 9.58 Å². The molecule has 1 aliphatic rings. The summed E-state index contributed by atoms with van der Waals surface area (Å²) in [7, 11) is 0. The van der Waals surface area contributed by atoms with Gasteiger partial charge in [0.25, 0.3) is 0 Å². The van der Waals surface area contributed by atoms with Crippen molar-refractivity contribution >= 4 is 5.69 Å². The van der Waals surface area contributed by atoms with Gasteiger partial charge in [-0.2, -0.15) is 5.10 Å². The number of nitrogens with zero attached hydrogens (tertiary/aromatic N) is 3. The largest absolute Gasteiger partial charge is 0.396 e. The van der Waals surface area contributed by atoms with Gasteiger partial charge >= 0.3 is 0 Å². The predicted octanol–water partition coefficient (Wildman–Crippen LogP) is 0.494. The average molecular weight is 224 g/mol. The maximum atomic E-state index is 5.76. The Morgan fingerprint density at radius 2 is 2.38 bits per heavy atom. The molecule has 16 heavy (non-hydrogen) atoms. The fraction of sp³-hybridized carbons (Fsp3) is 0.727. The van der Waals surface area contributed by atoms with Crippen molar-refractivity contribution in [3.8, 4) is 0 Å². The highest BCUT2D eigenvalue weighted by Gasteiger charge is 2.18. The molecule has 5 nitrogen and oxygen atoms in total. The number of aromatic nitrogens is 2. The zero-order valence-electron chi connectivity index (χ0n) is 10.0. The molecule has 0 spiro atoms. The van der Waals surface area contributed by atoms with E-state index in [-0.39, 0.29) is 0 Å². The number of ether oxygens (including phenoxy) is 1. The van der Waals surface area contributed by atoms with Gasteiger partial charge in [-0.1, -0.05) is 0 Å². The highest BCUT2D eigenvalue weighted by molar-refractivity contribution is 5.39. The van der Waals surface area contributed by atoms with Gasteiger partial charge in [-0.05, 0) is 13.8 Å². The molecule has 1 atom stereocenters. The fourth-order valence-electron chi connectivity index (χ4n) is 2.00. The lowest BCUT2D eigenvalue weighted by atomic mass is 10.2. The number of nitrogen functional groups attached to an aromatic ring is 1. The first-order chi connectivity index (χ1) is 7.68. The first-order valence-corrected chi connectivity index (χ1v) is 5.78. The molecule has 0 bridgehead atoms. The van der Waals surface area contributed by atoms with Crippen molar-refractivity contribution < 1.29 is 4.74 Å². The standard InChI is InChI=1S/C11H20N4O/c1-9-8-16-6-5-14(9)3-4-15-10(2)11(12)7-13-15/h7,9H,3-6,8,12H2,1-2H3. The summed E-state index contributed by atoms with van der Waals surface area (Å²) in [4.78, 5) is 2.43. The van der Waals surface area contributed by atoms with Crippen LogP contribution in [0.3, 0.4) is 0 Å².